The van der Waals surface area contributed by atoms with Crippen LogP contribution in [0.25, 0.3) is 0 Å². The summed E-state index contributed by atoms with van der Waals surface area (Å²) < 4.78 is 0. The van der Waals surface area contributed by atoms with Crippen molar-refractivity contribution in [1.29, 1.82) is 0 Å². The van der Waals surface area contributed by atoms with Crippen molar-refractivity contribution in [3.63, 3.8) is 0 Å². The van der Waals surface area contributed by atoms with Crippen molar-refractivity contribution in [2.24, 2.45) is 0 Å². The zero-order chi connectivity index (χ0) is 8.23. The Kier molecular flexibility index (Phi) is 2.35. The van der Waals surface area contributed by atoms with Gasteiger partial charge in [0.2, 0.25) is 0 Å². The topological polar surface area (TPSA) is 75.9 Å². The Morgan fingerprint density at radius 3 is 2.83 bits per heavy atom. The molecule has 0 amide bonds. The number of hydrogen-bond donors (Lipinski definition) is 6. The molecular weight excluding hydrogens is 156 g/mol. The van der Waals surface area contributed by atoms with E-state index in [9.17, 15) is 0 Å². The number of H-pyrrole nitrogens is 1. The first-order chi connectivity index (χ1) is 5.95. The van der Waals surface area contributed by atoms with Gasteiger partial charge in [-0.05, 0) is 12.1 Å². The number of aromatic nitrogens is 1. The highest BCUT2D eigenvalue weighted by Crippen LogP contribution is 1.92. The second-order valence-corrected chi connectivity index (χ2v) is 2.55. The van der Waals surface area contributed by atoms with Crippen molar-refractivity contribution in [2.75, 3.05) is 0 Å². The Hall–Kier alpha value is -0.920. The maximum absolute atomic E-state index is 3.21. The van der Waals surface area contributed by atoms with Crippen LogP contribution in [0.2, 0.25) is 0 Å². The number of hydrogen-bond acceptors (Lipinski definition) is 5. The molecule has 6 nitrogen and oxygen atoms in total. The minimum atomic E-state index is 0.0494. The molecule has 2 heterocycles. The van der Waals surface area contributed by atoms with E-state index in [4.69, 9.17) is 0 Å². The monoisotopic (exact) mass is 168 g/mol. The SMILES string of the molecule is c1c[nH]c(CNC2NNNN2)c1. The van der Waals surface area contributed by atoms with E-state index in [0.717, 1.165) is 12.2 Å². The van der Waals surface area contributed by atoms with Crippen molar-refractivity contribution >= 4 is 0 Å². The van der Waals surface area contributed by atoms with Crippen molar-refractivity contribution in [1.82, 2.24) is 32.2 Å². The minimum absolute atomic E-state index is 0.0494. The van der Waals surface area contributed by atoms with E-state index in [1.165, 1.54) is 0 Å². The van der Waals surface area contributed by atoms with E-state index in [-0.39, 0.29) is 6.29 Å². The number of rotatable bonds is 3. The predicted octanol–water partition coefficient (Wildman–Crippen LogP) is -1.50. The van der Waals surface area contributed by atoms with Gasteiger partial charge in [0.25, 0.3) is 0 Å². The Balaban J connectivity index is 1.74. The van der Waals surface area contributed by atoms with Crippen LogP contribution in [0.4, 0.5) is 0 Å². The molecule has 6 heteroatoms. The van der Waals surface area contributed by atoms with Crippen molar-refractivity contribution < 1.29 is 0 Å². The molecule has 0 spiro atoms. The first-order valence-corrected chi connectivity index (χ1v) is 3.82. The van der Waals surface area contributed by atoms with Crippen LogP contribution in [0.1, 0.15) is 5.69 Å². The van der Waals surface area contributed by atoms with Crippen LogP contribution in [0, 0.1) is 0 Å². The molecule has 1 saturated heterocycles. The Morgan fingerprint density at radius 2 is 2.17 bits per heavy atom. The van der Waals surface area contributed by atoms with Crippen molar-refractivity contribution in [3.8, 4) is 0 Å². The molecule has 0 atom stereocenters. The molecule has 1 aromatic rings. The van der Waals surface area contributed by atoms with Crippen LogP contribution in [0.15, 0.2) is 18.3 Å². The smallest absolute Gasteiger partial charge is 0.139 e. The molecule has 0 saturated carbocycles. The molecule has 1 aliphatic heterocycles. The van der Waals surface area contributed by atoms with Gasteiger partial charge in [0.15, 0.2) is 0 Å². The Bertz CT molecular complexity index is 214. The normalized spacial score (nSPS) is 18.7. The van der Waals surface area contributed by atoms with Gasteiger partial charge in [-0.15, -0.1) is 0 Å². The third-order valence-electron chi connectivity index (χ3n) is 1.65. The Morgan fingerprint density at radius 1 is 1.33 bits per heavy atom. The zero-order valence-corrected chi connectivity index (χ0v) is 6.52. The van der Waals surface area contributed by atoms with Gasteiger partial charge in [0, 0.05) is 18.4 Å². The number of nitrogens with one attached hydrogen (secondary N) is 6. The van der Waals surface area contributed by atoms with E-state index in [1.54, 1.807) is 0 Å². The van der Waals surface area contributed by atoms with Crippen LogP contribution in [-0.2, 0) is 6.54 Å². The second-order valence-electron chi connectivity index (χ2n) is 2.55. The van der Waals surface area contributed by atoms with Gasteiger partial charge in [-0.2, -0.15) is 11.1 Å². The second kappa shape index (κ2) is 3.65. The molecule has 0 unspecified atom stereocenters. The van der Waals surface area contributed by atoms with Gasteiger partial charge in [-0.25, -0.2) is 10.9 Å². The van der Waals surface area contributed by atoms with Crippen molar-refractivity contribution in [2.45, 2.75) is 12.8 Å². The highest BCUT2D eigenvalue weighted by molar-refractivity contribution is 5.02. The molecule has 2 rings (SSSR count). The Labute approximate surface area is 70.0 Å². The molecular formula is C6H12N6. The molecule has 1 aliphatic rings. The quantitative estimate of drug-likeness (QED) is 0.331. The molecule has 0 aromatic carbocycles. The van der Waals surface area contributed by atoms with Gasteiger partial charge in [-0.1, -0.05) is 0 Å². The largest absolute Gasteiger partial charge is 0.364 e. The third-order valence-corrected chi connectivity index (χ3v) is 1.65. The van der Waals surface area contributed by atoms with Crippen LogP contribution >= 0.6 is 0 Å². The standard InChI is InChI=1S/C6H12N6/c1-2-5(7-3-1)4-8-6-9-11-12-10-6/h1-3,6-12H,4H2. The molecule has 66 valence electrons. The lowest BCUT2D eigenvalue weighted by Gasteiger charge is -2.09. The number of hydrazine groups is 3. The summed E-state index contributed by atoms with van der Waals surface area (Å²) in [6.07, 6.45) is 1.96. The van der Waals surface area contributed by atoms with E-state index in [0.29, 0.717) is 0 Å². The molecule has 0 aliphatic carbocycles. The van der Waals surface area contributed by atoms with E-state index in [2.05, 4.69) is 32.2 Å². The summed E-state index contributed by atoms with van der Waals surface area (Å²) in [5, 5.41) is 3.21. The summed E-state index contributed by atoms with van der Waals surface area (Å²) in [5.74, 6) is 0. The maximum atomic E-state index is 3.21. The lowest BCUT2D eigenvalue weighted by molar-refractivity contribution is 0.422. The summed E-state index contributed by atoms with van der Waals surface area (Å²) in [4.78, 5) is 3.10. The van der Waals surface area contributed by atoms with Gasteiger partial charge >= 0.3 is 0 Å². The van der Waals surface area contributed by atoms with Gasteiger partial charge in [0.1, 0.15) is 6.29 Å². The maximum Gasteiger partial charge on any atom is 0.139 e. The van der Waals surface area contributed by atoms with Crippen molar-refractivity contribution in [3.05, 3.63) is 24.0 Å². The van der Waals surface area contributed by atoms with E-state index < -0.39 is 0 Å². The lowest BCUT2D eigenvalue weighted by atomic mass is 10.4. The predicted molar refractivity (Wildman–Crippen MR) is 44.0 cm³/mol. The molecule has 6 N–H and O–H groups in total. The lowest BCUT2D eigenvalue weighted by Crippen LogP contribution is -2.46. The van der Waals surface area contributed by atoms with E-state index >= 15 is 0 Å². The fraction of sp³-hybridized carbons (Fsp3) is 0.333. The van der Waals surface area contributed by atoms with E-state index in [1.807, 2.05) is 18.3 Å². The molecule has 1 aromatic heterocycles. The average molecular weight is 168 g/mol. The zero-order valence-electron chi connectivity index (χ0n) is 6.52. The van der Waals surface area contributed by atoms with Crippen LogP contribution in [0.5, 0.6) is 0 Å². The third kappa shape index (κ3) is 1.81. The first kappa shape index (κ1) is 7.71. The molecule has 0 radical (unpaired) electrons. The average Bonchev–Trinajstić information content (AvgIpc) is 2.74. The van der Waals surface area contributed by atoms with Gasteiger partial charge < -0.3 is 4.98 Å². The molecule has 0 bridgehead atoms. The van der Waals surface area contributed by atoms with Crippen LogP contribution < -0.4 is 27.2 Å². The van der Waals surface area contributed by atoms with Crippen LogP contribution in [0.3, 0.4) is 0 Å². The summed E-state index contributed by atoms with van der Waals surface area (Å²) in [6.45, 7) is 0.793. The fourth-order valence-corrected chi connectivity index (χ4v) is 1.04. The summed E-state index contributed by atoms with van der Waals surface area (Å²) in [6, 6.07) is 4.01. The summed E-state index contributed by atoms with van der Waals surface area (Å²) in [5.41, 5.74) is 12.4. The first-order valence-electron chi connectivity index (χ1n) is 3.82. The fourth-order valence-electron chi connectivity index (χ4n) is 1.04. The minimum Gasteiger partial charge on any atom is -0.364 e. The van der Waals surface area contributed by atoms with Gasteiger partial charge in [-0.3, -0.25) is 5.32 Å². The molecule has 1 fully saturated rings. The van der Waals surface area contributed by atoms with Gasteiger partial charge in [0.05, 0.1) is 0 Å². The summed E-state index contributed by atoms with van der Waals surface area (Å²) >= 11 is 0. The summed E-state index contributed by atoms with van der Waals surface area (Å²) in [7, 11) is 0. The number of aromatic amines is 1. The highest BCUT2D eigenvalue weighted by Gasteiger charge is 2.10. The molecule has 12 heavy (non-hydrogen) atoms. The van der Waals surface area contributed by atoms with Crippen LogP contribution in [-0.4, -0.2) is 11.3 Å². The highest BCUT2D eigenvalue weighted by atomic mass is 15.8.